The summed E-state index contributed by atoms with van der Waals surface area (Å²) >= 11 is 0. The lowest BCUT2D eigenvalue weighted by Gasteiger charge is -2.44. The molecule has 78 valence electrons. The highest BCUT2D eigenvalue weighted by Gasteiger charge is 2.44. The summed E-state index contributed by atoms with van der Waals surface area (Å²) in [6.07, 6.45) is 6.97. The smallest absolute Gasteiger partial charge is 0.128 e. The van der Waals surface area contributed by atoms with E-state index in [4.69, 9.17) is 10.5 Å². The quantitative estimate of drug-likeness (QED) is 0.782. The maximum absolute atomic E-state index is 6.18. The molecule has 1 saturated carbocycles. The van der Waals surface area contributed by atoms with Crippen LogP contribution in [0.4, 0.5) is 0 Å². The third-order valence-corrected chi connectivity index (χ3v) is 3.31. The van der Waals surface area contributed by atoms with Crippen molar-refractivity contribution in [3.8, 4) is 0 Å². The molecule has 1 fully saturated rings. The Morgan fingerprint density at radius 2 is 2.36 bits per heavy atom. The van der Waals surface area contributed by atoms with E-state index in [1.54, 1.807) is 13.3 Å². The lowest BCUT2D eigenvalue weighted by molar-refractivity contribution is -0.0933. The van der Waals surface area contributed by atoms with Gasteiger partial charge in [-0.1, -0.05) is 0 Å². The number of nitrogens with two attached hydrogens (primary N) is 1. The number of methoxy groups -OCH3 is 1. The van der Waals surface area contributed by atoms with Gasteiger partial charge in [0.2, 0.25) is 0 Å². The van der Waals surface area contributed by atoms with Gasteiger partial charge in [0, 0.05) is 26.6 Å². The second-order valence-corrected chi connectivity index (χ2v) is 4.00. The van der Waals surface area contributed by atoms with E-state index in [1.165, 1.54) is 6.42 Å². The first-order chi connectivity index (χ1) is 6.69. The maximum Gasteiger partial charge on any atom is 0.128 e. The lowest BCUT2D eigenvalue weighted by Crippen LogP contribution is -2.49. The van der Waals surface area contributed by atoms with Crippen LogP contribution >= 0.6 is 0 Å². The molecule has 0 amide bonds. The van der Waals surface area contributed by atoms with Crippen LogP contribution in [-0.4, -0.2) is 22.3 Å². The monoisotopic (exact) mass is 195 g/mol. The van der Waals surface area contributed by atoms with Crippen molar-refractivity contribution < 1.29 is 4.74 Å². The standard InChI is InChI=1S/C10H17N3O/c1-13-7-6-12-9(13)8(11)10(14-2)4-3-5-10/h6-8H,3-5,11H2,1-2H3. The summed E-state index contributed by atoms with van der Waals surface area (Å²) in [5.74, 6) is 0.909. The van der Waals surface area contributed by atoms with Gasteiger partial charge < -0.3 is 15.0 Å². The maximum atomic E-state index is 6.18. The fourth-order valence-electron chi connectivity index (χ4n) is 2.08. The van der Waals surface area contributed by atoms with Gasteiger partial charge in [0.05, 0.1) is 11.6 Å². The minimum Gasteiger partial charge on any atom is -0.376 e. The number of nitrogens with zero attached hydrogens (tertiary/aromatic N) is 2. The van der Waals surface area contributed by atoms with Gasteiger partial charge in [0.25, 0.3) is 0 Å². The summed E-state index contributed by atoms with van der Waals surface area (Å²) in [6, 6.07) is -0.110. The highest BCUT2D eigenvalue weighted by molar-refractivity contribution is 5.09. The number of rotatable bonds is 3. The zero-order valence-electron chi connectivity index (χ0n) is 8.73. The fraction of sp³-hybridized carbons (Fsp3) is 0.700. The van der Waals surface area contributed by atoms with Gasteiger partial charge >= 0.3 is 0 Å². The van der Waals surface area contributed by atoms with E-state index >= 15 is 0 Å². The molecule has 0 bridgehead atoms. The van der Waals surface area contributed by atoms with E-state index in [-0.39, 0.29) is 11.6 Å². The van der Waals surface area contributed by atoms with Crippen LogP contribution in [0.3, 0.4) is 0 Å². The highest BCUT2D eigenvalue weighted by Crippen LogP contribution is 2.42. The van der Waals surface area contributed by atoms with Crippen molar-refractivity contribution in [3.05, 3.63) is 18.2 Å². The van der Waals surface area contributed by atoms with Gasteiger partial charge in [-0.15, -0.1) is 0 Å². The van der Waals surface area contributed by atoms with Crippen LogP contribution in [0.25, 0.3) is 0 Å². The fourth-order valence-corrected chi connectivity index (χ4v) is 2.08. The predicted molar refractivity (Wildman–Crippen MR) is 53.7 cm³/mol. The molecule has 14 heavy (non-hydrogen) atoms. The topological polar surface area (TPSA) is 53.1 Å². The summed E-state index contributed by atoms with van der Waals surface area (Å²) in [5.41, 5.74) is 6.02. The molecule has 4 nitrogen and oxygen atoms in total. The van der Waals surface area contributed by atoms with Crippen molar-refractivity contribution >= 4 is 0 Å². The van der Waals surface area contributed by atoms with Gasteiger partial charge in [-0.2, -0.15) is 0 Å². The van der Waals surface area contributed by atoms with Crippen molar-refractivity contribution in [2.75, 3.05) is 7.11 Å². The van der Waals surface area contributed by atoms with Crippen molar-refractivity contribution in [3.63, 3.8) is 0 Å². The molecule has 0 radical (unpaired) electrons. The summed E-state index contributed by atoms with van der Waals surface area (Å²) in [5, 5.41) is 0. The first-order valence-corrected chi connectivity index (χ1v) is 4.97. The summed E-state index contributed by atoms with van der Waals surface area (Å²) in [7, 11) is 3.70. The molecule has 1 aliphatic carbocycles. The van der Waals surface area contributed by atoms with Crippen molar-refractivity contribution in [1.29, 1.82) is 0 Å². The van der Waals surface area contributed by atoms with Crippen molar-refractivity contribution in [1.82, 2.24) is 9.55 Å². The minimum atomic E-state index is -0.168. The van der Waals surface area contributed by atoms with Gasteiger partial charge in [-0.3, -0.25) is 0 Å². The molecule has 1 atom stereocenters. The Kier molecular flexibility index (Phi) is 2.33. The molecule has 1 heterocycles. The van der Waals surface area contributed by atoms with Crippen LogP contribution in [0.1, 0.15) is 31.1 Å². The Hall–Kier alpha value is -0.870. The van der Waals surface area contributed by atoms with E-state index < -0.39 is 0 Å². The molecule has 0 saturated heterocycles. The molecular formula is C10H17N3O. The van der Waals surface area contributed by atoms with E-state index in [9.17, 15) is 0 Å². The lowest BCUT2D eigenvalue weighted by atomic mass is 9.74. The normalized spacial score (nSPS) is 21.6. The predicted octanol–water partition coefficient (Wildman–Crippen LogP) is 0.989. The average Bonchev–Trinajstić information content (AvgIpc) is 2.50. The number of aromatic nitrogens is 2. The molecule has 0 aromatic carbocycles. The SMILES string of the molecule is COC1(C(N)c2nccn2C)CCC1. The van der Waals surface area contributed by atoms with Crippen molar-refractivity contribution in [2.24, 2.45) is 12.8 Å². The minimum absolute atomic E-state index is 0.110. The van der Waals surface area contributed by atoms with Crippen molar-refractivity contribution in [2.45, 2.75) is 30.9 Å². The second-order valence-electron chi connectivity index (χ2n) is 4.00. The molecule has 2 rings (SSSR count). The van der Waals surface area contributed by atoms with Crippen LogP contribution in [-0.2, 0) is 11.8 Å². The first-order valence-electron chi connectivity index (χ1n) is 4.97. The number of imidazole rings is 1. The molecular weight excluding hydrogens is 178 g/mol. The molecule has 1 aliphatic rings. The Morgan fingerprint density at radius 3 is 2.71 bits per heavy atom. The molecule has 0 aliphatic heterocycles. The molecule has 2 N–H and O–H groups in total. The number of aryl methyl sites for hydroxylation is 1. The van der Waals surface area contributed by atoms with Crippen LogP contribution in [0, 0.1) is 0 Å². The van der Waals surface area contributed by atoms with Crippen LogP contribution in [0.15, 0.2) is 12.4 Å². The Labute approximate surface area is 84.1 Å². The first kappa shape index (κ1) is 9.68. The molecule has 1 aromatic rings. The molecule has 1 unspecified atom stereocenters. The molecule has 1 aromatic heterocycles. The average molecular weight is 195 g/mol. The van der Waals surface area contributed by atoms with E-state index in [1.807, 2.05) is 17.8 Å². The van der Waals surface area contributed by atoms with E-state index in [0.29, 0.717) is 0 Å². The number of hydrogen-bond donors (Lipinski definition) is 1. The van der Waals surface area contributed by atoms with Crippen LogP contribution < -0.4 is 5.73 Å². The Balaban J connectivity index is 2.22. The third-order valence-electron chi connectivity index (χ3n) is 3.31. The summed E-state index contributed by atoms with van der Waals surface area (Å²) in [6.45, 7) is 0. The number of hydrogen-bond acceptors (Lipinski definition) is 3. The zero-order chi connectivity index (χ0) is 10.2. The van der Waals surface area contributed by atoms with Gasteiger partial charge in [-0.05, 0) is 19.3 Å². The largest absolute Gasteiger partial charge is 0.376 e. The number of ether oxygens (including phenoxy) is 1. The van der Waals surface area contributed by atoms with Crippen LogP contribution in [0.2, 0.25) is 0 Å². The van der Waals surface area contributed by atoms with Gasteiger partial charge in [0.15, 0.2) is 0 Å². The summed E-state index contributed by atoms with van der Waals surface area (Å²) < 4.78 is 7.50. The molecule has 0 spiro atoms. The Morgan fingerprint density at radius 1 is 1.64 bits per heavy atom. The van der Waals surface area contributed by atoms with Gasteiger partial charge in [-0.25, -0.2) is 4.98 Å². The third kappa shape index (κ3) is 1.26. The van der Waals surface area contributed by atoms with E-state index in [2.05, 4.69) is 4.98 Å². The zero-order valence-corrected chi connectivity index (χ0v) is 8.73. The molecule has 4 heteroatoms. The Bertz CT molecular complexity index is 311. The second kappa shape index (κ2) is 3.37. The van der Waals surface area contributed by atoms with E-state index in [0.717, 1.165) is 18.7 Å². The highest BCUT2D eigenvalue weighted by atomic mass is 16.5. The van der Waals surface area contributed by atoms with Gasteiger partial charge in [0.1, 0.15) is 5.82 Å². The van der Waals surface area contributed by atoms with Crippen LogP contribution in [0.5, 0.6) is 0 Å². The summed E-state index contributed by atoms with van der Waals surface area (Å²) in [4.78, 5) is 4.27.